The minimum Gasteiger partial charge on any atom is -0.409 e. The summed E-state index contributed by atoms with van der Waals surface area (Å²) < 4.78 is 13.2. The monoisotopic (exact) mass is 293 g/mol. The third-order valence-electron chi connectivity index (χ3n) is 2.94. The van der Waals surface area contributed by atoms with Crippen molar-refractivity contribution in [3.63, 3.8) is 0 Å². The number of halogens is 1. The van der Waals surface area contributed by atoms with E-state index in [0.717, 1.165) is 18.5 Å². The van der Waals surface area contributed by atoms with E-state index < -0.39 is 5.82 Å². The van der Waals surface area contributed by atoms with Crippen LogP contribution < -0.4 is 11.1 Å². The molecule has 0 aliphatic heterocycles. The lowest BCUT2D eigenvalue weighted by molar-refractivity contribution is 0.318. The smallest absolute Gasteiger partial charge is 0.170 e. The van der Waals surface area contributed by atoms with Crippen molar-refractivity contribution < 1.29 is 9.60 Å². The highest BCUT2D eigenvalue weighted by Gasteiger charge is 2.08. The van der Waals surface area contributed by atoms with Crippen molar-refractivity contribution in [1.29, 1.82) is 0 Å². The van der Waals surface area contributed by atoms with E-state index >= 15 is 0 Å². The van der Waals surface area contributed by atoms with Crippen molar-refractivity contribution >= 4 is 17.2 Å². The Bertz CT molecular complexity index is 584. The SMILES string of the molecule is NC(=NO)c1cc(F)ccc1CNCCc1ccsc1. The van der Waals surface area contributed by atoms with Crippen molar-refractivity contribution in [1.82, 2.24) is 5.32 Å². The van der Waals surface area contributed by atoms with E-state index in [1.54, 1.807) is 17.4 Å². The fraction of sp³-hybridized carbons (Fsp3) is 0.214. The summed E-state index contributed by atoms with van der Waals surface area (Å²) in [4.78, 5) is 0. The Kier molecular flexibility index (Phi) is 5.09. The summed E-state index contributed by atoms with van der Waals surface area (Å²) in [6.07, 6.45) is 0.934. The van der Waals surface area contributed by atoms with Crippen LogP contribution in [0.3, 0.4) is 0 Å². The van der Waals surface area contributed by atoms with Gasteiger partial charge in [-0.05, 0) is 53.1 Å². The lowest BCUT2D eigenvalue weighted by Gasteiger charge is -2.09. The predicted octanol–water partition coefficient (Wildman–Crippen LogP) is 2.31. The van der Waals surface area contributed by atoms with Gasteiger partial charge >= 0.3 is 0 Å². The molecule has 6 heteroatoms. The van der Waals surface area contributed by atoms with Gasteiger partial charge in [0.1, 0.15) is 5.82 Å². The molecule has 1 aromatic heterocycles. The van der Waals surface area contributed by atoms with Crippen LogP contribution in [0, 0.1) is 5.82 Å². The predicted molar refractivity (Wildman–Crippen MR) is 78.6 cm³/mol. The quantitative estimate of drug-likeness (QED) is 0.252. The second-order valence-corrected chi connectivity index (χ2v) is 5.13. The van der Waals surface area contributed by atoms with Crippen LogP contribution in [0.1, 0.15) is 16.7 Å². The summed E-state index contributed by atoms with van der Waals surface area (Å²) in [6.45, 7) is 1.35. The molecule has 1 aromatic carbocycles. The molecule has 0 bridgehead atoms. The molecule has 0 aliphatic rings. The standard InChI is InChI=1S/C14H16FN3OS/c15-12-2-1-11(13(7-12)14(16)18-19)8-17-5-3-10-4-6-20-9-10/h1-2,4,6-7,9,17,19H,3,5,8H2,(H2,16,18). The average molecular weight is 293 g/mol. The van der Waals surface area contributed by atoms with E-state index in [-0.39, 0.29) is 5.84 Å². The molecule has 4 N–H and O–H groups in total. The highest BCUT2D eigenvalue weighted by atomic mass is 32.1. The van der Waals surface area contributed by atoms with Gasteiger partial charge in [-0.1, -0.05) is 11.2 Å². The molecular formula is C14H16FN3OS. The first-order valence-corrected chi connectivity index (χ1v) is 7.13. The summed E-state index contributed by atoms with van der Waals surface area (Å²) >= 11 is 1.68. The molecule has 0 spiro atoms. The maximum atomic E-state index is 13.2. The average Bonchev–Trinajstić information content (AvgIpc) is 2.97. The summed E-state index contributed by atoms with van der Waals surface area (Å²) in [5, 5.41) is 19.1. The fourth-order valence-corrected chi connectivity index (χ4v) is 2.59. The Labute approximate surface area is 120 Å². The van der Waals surface area contributed by atoms with Crippen LogP contribution >= 0.6 is 11.3 Å². The topological polar surface area (TPSA) is 70.6 Å². The fourth-order valence-electron chi connectivity index (χ4n) is 1.89. The van der Waals surface area contributed by atoms with Gasteiger partial charge in [0.25, 0.3) is 0 Å². The molecule has 4 nitrogen and oxygen atoms in total. The van der Waals surface area contributed by atoms with Crippen LogP contribution in [0.2, 0.25) is 0 Å². The van der Waals surface area contributed by atoms with Gasteiger partial charge in [0.05, 0.1) is 0 Å². The first kappa shape index (κ1) is 14.5. The number of benzene rings is 1. The Balaban J connectivity index is 1.95. The highest BCUT2D eigenvalue weighted by molar-refractivity contribution is 7.07. The Morgan fingerprint density at radius 3 is 2.95 bits per heavy atom. The zero-order valence-electron chi connectivity index (χ0n) is 10.8. The number of nitrogens with zero attached hydrogens (tertiary/aromatic N) is 1. The lowest BCUT2D eigenvalue weighted by atomic mass is 10.1. The van der Waals surface area contributed by atoms with Crippen molar-refractivity contribution in [2.24, 2.45) is 10.9 Å². The number of rotatable bonds is 6. The van der Waals surface area contributed by atoms with Gasteiger partial charge in [-0.25, -0.2) is 4.39 Å². The molecule has 0 unspecified atom stereocenters. The molecule has 0 aliphatic carbocycles. The second-order valence-electron chi connectivity index (χ2n) is 4.35. The minimum atomic E-state index is -0.409. The van der Waals surface area contributed by atoms with E-state index in [9.17, 15) is 4.39 Å². The van der Waals surface area contributed by atoms with Crippen LogP contribution in [0.25, 0.3) is 0 Å². The van der Waals surface area contributed by atoms with Gasteiger partial charge < -0.3 is 16.3 Å². The zero-order valence-corrected chi connectivity index (χ0v) is 11.7. The van der Waals surface area contributed by atoms with E-state index in [1.807, 2.05) is 5.38 Å². The normalized spacial score (nSPS) is 11.8. The first-order chi connectivity index (χ1) is 9.70. The van der Waals surface area contributed by atoms with Crippen molar-refractivity contribution in [2.45, 2.75) is 13.0 Å². The molecule has 20 heavy (non-hydrogen) atoms. The van der Waals surface area contributed by atoms with Crippen LogP contribution in [0.15, 0.2) is 40.2 Å². The number of amidine groups is 1. The molecule has 2 aromatic rings. The minimum absolute atomic E-state index is 0.0841. The first-order valence-electron chi connectivity index (χ1n) is 6.19. The van der Waals surface area contributed by atoms with Crippen LogP contribution in [-0.2, 0) is 13.0 Å². The molecule has 0 saturated heterocycles. The molecule has 0 amide bonds. The number of nitrogens with one attached hydrogen (secondary N) is 1. The largest absolute Gasteiger partial charge is 0.409 e. The number of oxime groups is 1. The molecule has 2 rings (SSSR count). The van der Waals surface area contributed by atoms with Gasteiger partial charge in [0.15, 0.2) is 5.84 Å². The Morgan fingerprint density at radius 2 is 2.25 bits per heavy atom. The second kappa shape index (κ2) is 7.02. The van der Waals surface area contributed by atoms with Crippen molar-refractivity contribution in [3.8, 4) is 0 Å². The van der Waals surface area contributed by atoms with E-state index in [4.69, 9.17) is 10.9 Å². The summed E-state index contributed by atoms with van der Waals surface area (Å²) in [6, 6.07) is 6.36. The number of hydrogen-bond acceptors (Lipinski definition) is 4. The summed E-state index contributed by atoms with van der Waals surface area (Å²) in [5.41, 5.74) is 8.05. The van der Waals surface area contributed by atoms with E-state index in [2.05, 4.69) is 21.9 Å². The maximum absolute atomic E-state index is 13.2. The molecule has 1 heterocycles. The van der Waals surface area contributed by atoms with Crippen LogP contribution in [0.5, 0.6) is 0 Å². The highest BCUT2D eigenvalue weighted by Crippen LogP contribution is 2.11. The number of hydrogen-bond donors (Lipinski definition) is 3. The Morgan fingerprint density at radius 1 is 1.40 bits per heavy atom. The molecule has 0 saturated carbocycles. The van der Waals surface area contributed by atoms with Gasteiger partial charge in [-0.3, -0.25) is 0 Å². The van der Waals surface area contributed by atoms with Gasteiger partial charge in [-0.2, -0.15) is 11.3 Å². The van der Waals surface area contributed by atoms with E-state index in [1.165, 1.54) is 17.7 Å². The third kappa shape index (κ3) is 3.79. The maximum Gasteiger partial charge on any atom is 0.170 e. The van der Waals surface area contributed by atoms with Crippen LogP contribution in [0.4, 0.5) is 4.39 Å². The Hall–Kier alpha value is -1.92. The molecule has 0 atom stereocenters. The van der Waals surface area contributed by atoms with Gasteiger partial charge in [0.2, 0.25) is 0 Å². The van der Waals surface area contributed by atoms with E-state index in [0.29, 0.717) is 12.1 Å². The van der Waals surface area contributed by atoms with Crippen LogP contribution in [-0.4, -0.2) is 17.6 Å². The van der Waals surface area contributed by atoms with Crippen molar-refractivity contribution in [3.05, 3.63) is 57.5 Å². The van der Waals surface area contributed by atoms with Crippen molar-refractivity contribution in [2.75, 3.05) is 6.54 Å². The molecule has 106 valence electrons. The number of thiophene rings is 1. The summed E-state index contributed by atoms with van der Waals surface area (Å²) in [5.74, 6) is -0.493. The van der Waals surface area contributed by atoms with Gasteiger partial charge in [0, 0.05) is 12.1 Å². The van der Waals surface area contributed by atoms with Gasteiger partial charge in [-0.15, -0.1) is 0 Å². The lowest BCUT2D eigenvalue weighted by Crippen LogP contribution is -2.21. The number of nitrogens with two attached hydrogens (primary N) is 1. The molecule has 0 radical (unpaired) electrons. The third-order valence-corrected chi connectivity index (χ3v) is 3.67. The molecular weight excluding hydrogens is 277 g/mol. The zero-order chi connectivity index (χ0) is 14.4. The summed E-state index contributed by atoms with van der Waals surface area (Å²) in [7, 11) is 0. The molecule has 0 fully saturated rings.